The molecule has 1 fully saturated rings. The average Bonchev–Trinajstić information content (AvgIpc) is 3.03. The van der Waals surface area contributed by atoms with Crippen molar-refractivity contribution in [1.82, 2.24) is 14.9 Å². The Hall–Kier alpha value is -2.40. The average molecular weight is 386 g/mol. The van der Waals surface area contributed by atoms with E-state index >= 15 is 0 Å². The van der Waals surface area contributed by atoms with Crippen LogP contribution in [0.25, 0.3) is 10.9 Å². The van der Waals surface area contributed by atoms with Crippen LogP contribution >= 0.6 is 11.6 Å². The van der Waals surface area contributed by atoms with Crippen LogP contribution in [0.2, 0.25) is 5.15 Å². The first-order chi connectivity index (χ1) is 13.1. The molecule has 1 aliphatic carbocycles. The molecule has 4 nitrogen and oxygen atoms in total. The molecule has 0 aliphatic heterocycles. The topological polar surface area (TPSA) is 46.9 Å². The Balaban J connectivity index is 1.69. The fourth-order valence-corrected chi connectivity index (χ4v) is 4.06. The summed E-state index contributed by atoms with van der Waals surface area (Å²) in [5.41, 5.74) is 2.01. The molecule has 0 radical (unpaired) electrons. The number of hydrogen-bond donors (Lipinski definition) is 1. The highest BCUT2D eigenvalue weighted by molar-refractivity contribution is 6.29. The molecule has 6 heteroatoms. The first-order valence-electron chi connectivity index (χ1n) is 9.30. The van der Waals surface area contributed by atoms with Crippen LogP contribution in [0.4, 0.5) is 4.39 Å². The van der Waals surface area contributed by atoms with Gasteiger partial charge < -0.3 is 9.88 Å². The predicted molar refractivity (Wildman–Crippen MR) is 105 cm³/mol. The number of nitrogens with one attached hydrogen (secondary N) is 1. The van der Waals surface area contributed by atoms with Crippen molar-refractivity contribution >= 4 is 28.4 Å². The highest BCUT2D eigenvalue weighted by atomic mass is 35.5. The highest BCUT2D eigenvalue weighted by Gasteiger charge is 2.22. The van der Waals surface area contributed by atoms with Gasteiger partial charge in [0.2, 0.25) is 0 Å². The highest BCUT2D eigenvalue weighted by Crippen LogP contribution is 2.26. The van der Waals surface area contributed by atoms with Crippen molar-refractivity contribution in [2.24, 2.45) is 0 Å². The number of aromatic nitrogens is 2. The molecule has 1 aromatic carbocycles. The number of nitrogens with zero attached hydrogens (tertiary/aromatic N) is 2. The maximum atomic E-state index is 14.6. The fraction of sp³-hybridized carbons (Fsp3) is 0.333. The lowest BCUT2D eigenvalue weighted by molar-refractivity contribution is 0.0929. The van der Waals surface area contributed by atoms with Crippen LogP contribution in [0.5, 0.6) is 0 Å². The van der Waals surface area contributed by atoms with Crippen molar-refractivity contribution in [3.63, 3.8) is 0 Å². The number of benzene rings is 1. The Morgan fingerprint density at radius 2 is 2.07 bits per heavy atom. The first kappa shape index (κ1) is 18.0. The molecule has 1 saturated carbocycles. The third-order valence-corrected chi connectivity index (χ3v) is 5.39. The summed E-state index contributed by atoms with van der Waals surface area (Å²) < 4.78 is 16.5. The lowest BCUT2D eigenvalue weighted by Crippen LogP contribution is -2.36. The van der Waals surface area contributed by atoms with Gasteiger partial charge in [0.15, 0.2) is 0 Å². The summed E-state index contributed by atoms with van der Waals surface area (Å²) in [6, 6.07) is 8.70. The number of amides is 1. The van der Waals surface area contributed by atoms with Gasteiger partial charge >= 0.3 is 0 Å². The smallest absolute Gasteiger partial charge is 0.253 e. The monoisotopic (exact) mass is 385 g/mol. The zero-order valence-corrected chi connectivity index (χ0v) is 15.7. The zero-order valence-electron chi connectivity index (χ0n) is 14.9. The van der Waals surface area contributed by atoms with Gasteiger partial charge in [-0.1, -0.05) is 36.9 Å². The molecule has 1 N–H and O–H groups in total. The zero-order chi connectivity index (χ0) is 18.8. The van der Waals surface area contributed by atoms with Crippen LogP contribution in [0, 0.1) is 5.82 Å². The summed E-state index contributed by atoms with van der Waals surface area (Å²) in [6.45, 7) is 0.485. The predicted octanol–water partition coefficient (Wildman–Crippen LogP) is 4.94. The van der Waals surface area contributed by atoms with Crippen molar-refractivity contribution in [1.29, 1.82) is 0 Å². The Morgan fingerprint density at radius 1 is 1.26 bits per heavy atom. The van der Waals surface area contributed by atoms with E-state index in [2.05, 4.69) is 10.3 Å². The first-order valence-corrected chi connectivity index (χ1v) is 9.68. The molecule has 1 aliphatic rings. The SMILES string of the molecule is O=C(NC1CCCCC1)c1cn(Cc2ccnc(Cl)c2)c2cccc(F)c12. The maximum Gasteiger partial charge on any atom is 0.253 e. The number of hydrogen-bond acceptors (Lipinski definition) is 2. The van der Waals surface area contributed by atoms with E-state index < -0.39 is 0 Å². The Labute approximate surface area is 162 Å². The van der Waals surface area contributed by atoms with Crippen LogP contribution in [-0.4, -0.2) is 21.5 Å². The molecule has 2 aromatic heterocycles. The minimum Gasteiger partial charge on any atom is -0.349 e. The molecule has 2 heterocycles. The standard InChI is InChI=1S/C21H21ClFN3O/c22-19-11-14(9-10-24-19)12-26-13-16(20-17(23)7-4-8-18(20)26)21(27)25-15-5-2-1-3-6-15/h4,7-11,13,15H,1-3,5-6,12H2,(H,25,27). The van der Waals surface area contributed by atoms with E-state index in [1.165, 1.54) is 12.5 Å². The van der Waals surface area contributed by atoms with E-state index in [9.17, 15) is 9.18 Å². The quantitative estimate of drug-likeness (QED) is 0.646. The number of fused-ring (bicyclic) bond motifs is 1. The van der Waals surface area contributed by atoms with Crippen molar-refractivity contribution in [2.75, 3.05) is 0 Å². The van der Waals surface area contributed by atoms with E-state index in [0.29, 0.717) is 28.2 Å². The second-order valence-electron chi connectivity index (χ2n) is 7.10. The summed E-state index contributed by atoms with van der Waals surface area (Å²) >= 11 is 5.97. The molecule has 0 saturated heterocycles. The molecule has 0 atom stereocenters. The maximum absolute atomic E-state index is 14.6. The fourth-order valence-electron chi connectivity index (χ4n) is 3.86. The molecule has 27 heavy (non-hydrogen) atoms. The van der Waals surface area contributed by atoms with Crippen LogP contribution < -0.4 is 5.32 Å². The number of pyridine rings is 1. The number of halogens is 2. The molecule has 1 amide bonds. The largest absolute Gasteiger partial charge is 0.349 e. The number of carbonyl (C=O) groups is 1. The van der Waals surface area contributed by atoms with Gasteiger partial charge in [-0.15, -0.1) is 0 Å². The van der Waals surface area contributed by atoms with Crippen molar-refractivity contribution in [3.05, 3.63) is 64.8 Å². The Kier molecular flexibility index (Phi) is 5.12. The summed E-state index contributed by atoms with van der Waals surface area (Å²) in [4.78, 5) is 16.9. The second-order valence-corrected chi connectivity index (χ2v) is 7.49. The van der Waals surface area contributed by atoms with E-state index in [0.717, 1.165) is 31.2 Å². The molecule has 0 spiro atoms. The molecule has 0 bridgehead atoms. The van der Waals surface area contributed by atoms with Gasteiger partial charge in [-0.25, -0.2) is 9.37 Å². The minimum absolute atomic E-state index is 0.176. The van der Waals surface area contributed by atoms with E-state index in [1.807, 2.05) is 16.7 Å². The third-order valence-electron chi connectivity index (χ3n) is 5.18. The van der Waals surface area contributed by atoms with Gasteiger partial charge in [0, 0.05) is 30.4 Å². The van der Waals surface area contributed by atoms with Gasteiger partial charge in [0.1, 0.15) is 11.0 Å². The summed E-state index contributed by atoms with van der Waals surface area (Å²) in [5.74, 6) is -0.587. The van der Waals surface area contributed by atoms with E-state index in [1.54, 1.807) is 24.5 Å². The Morgan fingerprint density at radius 3 is 2.85 bits per heavy atom. The molecular formula is C21H21ClFN3O. The second kappa shape index (κ2) is 7.69. The number of carbonyl (C=O) groups excluding carboxylic acids is 1. The van der Waals surface area contributed by atoms with Crippen molar-refractivity contribution in [2.45, 2.75) is 44.7 Å². The normalized spacial score (nSPS) is 15.2. The van der Waals surface area contributed by atoms with Crippen molar-refractivity contribution in [3.8, 4) is 0 Å². The van der Waals surface area contributed by atoms with E-state index in [4.69, 9.17) is 11.6 Å². The summed E-state index contributed by atoms with van der Waals surface area (Å²) in [5, 5.41) is 3.87. The van der Waals surface area contributed by atoms with Gasteiger partial charge in [-0.05, 0) is 42.7 Å². The van der Waals surface area contributed by atoms with Gasteiger partial charge in [-0.3, -0.25) is 4.79 Å². The summed E-state index contributed by atoms with van der Waals surface area (Å²) in [7, 11) is 0. The van der Waals surface area contributed by atoms with Crippen LogP contribution in [0.3, 0.4) is 0 Å². The third kappa shape index (κ3) is 3.83. The number of rotatable bonds is 4. The molecule has 140 valence electrons. The van der Waals surface area contributed by atoms with Crippen LogP contribution in [0.15, 0.2) is 42.7 Å². The van der Waals surface area contributed by atoms with Gasteiger partial charge in [-0.2, -0.15) is 0 Å². The molecular weight excluding hydrogens is 365 g/mol. The molecule has 3 aromatic rings. The van der Waals surface area contributed by atoms with Crippen molar-refractivity contribution < 1.29 is 9.18 Å². The lowest BCUT2D eigenvalue weighted by Gasteiger charge is -2.22. The van der Waals surface area contributed by atoms with Gasteiger partial charge in [0.05, 0.1) is 11.1 Å². The lowest BCUT2D eigenvalue weighted by atomic mass is 9.95. The summed E-state index contributed by atoms with van der Waals surface area (Å²) in [6.07, 6.45) is 8.83. The van der Waals surface area contributed by atoms with Crippen LogP contribution in [-0.2, 0) is 6.54 Å². The Bertz CT molecular complexity index is 979. The minimum atomic E-state index is -0.382. The van der Waals surface area contributed by atoms with Gasteiger partial charge in [0.25, 0.3) is 5.91 Å². The van der Waals surface area contributed by atoms with Crippen LogP contribution in [0.1, 0.15) is 48.0 Å². The van der Waals surface area contributed by atoms with E-state index in [-0.39, 0.29) is 17.8 Å². The molecule has 4 rings (SSSR count). The molecule has 0 unspecified atom stereocenters.